The summed E-state index contributed by atoms with van der Waals surface area (Å²) in [5.41, 5.74) is 0.906. The molecule has 120 valence electrons. The molecular weight excluding hydrogens is 289 g/mol. The first kappa shape index (κ1) is 18.1. The van der Waals surface area contributed by atoms with Crippen molar-refractivity contribution in [2.75, 3.05) is 19.3 Å². The predicted molar refractivity (Wildman–Crippen MR) is 85.7 cm³/mol. The number of nitrogens with one attached hydrogen (secondary N) is 1. The number of hydrogen-bond donors (Lipinski definition) is 1. The van der Waals surface area contributed by atoms with E-state index in [0.717, 1.165) is 12.1 Å². The van der Waals surface area contributed by atoms with Crippen LogP contribution in [0.1, 0.15) is 32.8 Å². The molecule has 1 aromatic rings. The summed E-state index contributed by atoms with van der Waals surface area (Å²) in [6.45, 7) is 5.89. The van der Waals surface area contributed by atoms with E-state index in [4.69, 9.17) is 0 Å². The lowest BCUT2D eigenvalue weighted by molar-refractivity contribution is 0.472. The molecule has 1 atom stereocenters. The van der Waals surface area contributed by atoms with Gasteiger partial charge in [-0.15, -0.1) is 0 Å². The third-order valence-electron chi connectivity index (χ3n) is 3.63. The van der Waals surface area contributed by atoms with Crippen LogP contribution in [0.5, 0.6) is 0 Å². The zero-order chi connectivity index (χ0) is 16.1. The second kappa shape index (κ2) is 7.36. The van der Waals surface area contributed by atoms with Crippen LogP contribution in [0, 0.1) is 11.7 Å². The maximum Gasteiger partial charge on any atom is 0.155 e. The first-order valence-electron chi connectivity index (χ1n) is 7.27. The van der Waals surface area contributed by atoms with Crippen LogP contribution in [0.2, 0.25) is 0 Å². The Bertz CT molecular complexity index is 550. The Labute approximate surface area is 127 Å². The molecule has 3 nitrogen and oxygen atoms in total. The summed E-state index contributed by atoms with van der Waals surface area (Å²) in [6, 6.07) is 6.50. The van der Waals surface area contributed by atoms with E-state index in [1.807, 2.05) is 13.1 Å². The van der Waals surface area contributed by atoms with E-state index in [9.17, 15) is 12.8 Å². The first-order valence-corrected chi connectivity index (χ1v) is 8.92. The molecule has 21 heavy (non-hydrogen) atoms. The van der Waals surface area contributed by atoms with Crippen molar-refractivity contribution in [3.8, 4) is 0 Å². The number of hydrogen-bond acceptors (Lipinski definition) is 3. The highest BCUT2D eigenvalue weighted by Crippen LogP contribution is 2.20. The minimum atomic E-state index is -3.11. The topological polar surface area (TPSA) is 46.2 Å². The predicted octanol–water partition coefficient (Wildman–Crippen LogP) is 2.81. The van der Waals surface area contributed by atoms with Gasteiger partial charge in [-0.1, -0.05) is 12.1 Å². The summed E-state index contributed by atoms with van der Waals surface area (Å²) in [5, 5.41) is 3.09. The summed E-state index contributed by atoms with van der Waals surface area (Å²) in [5.74, 6) is 0.0879. The van der Waals surface area contributed by atoms with Gasteiger partial charge < -0.3 is 5.32 Å². The molecular formula is C16H26FNO2S. The summed E-state index contributed by atoms with van der Waals surface area (Å²) in [6.07, 6.45) is 1.26. The third kappa shape index (κ3) is 5.75. The third-order valence-corrected chi connectivity index (χ3v) is 6.27. The van der Waals surface area contributed by atoms with E-state index >= 15 is 0 Å². The molecule has 1 N–H and O–H groups in total. The first-order chi connectivity index (χ1) is 9.65. The highest BCUT2D eigenvalue weighted by Gasteiger charge is 2.29. The molecule has 0 fully saturated rings. The minimum absolute atomic E-state index is 0.165. The zero-order valence-electron chi connectivity index (χ0n) is 13.3. The van der Waals surface area contributed by atoms with Gasteiger partial charge >= 0.3 is 0 Å². The maximum absolute atomic E-state index is 13.2. The molecule has 0 aliphatic heterocycles. The second-order valence-corrected chi connectivity index (χ2v) is 9.34. The van der Waals surface area contributed by atoms with Crippen molar-refractivity contribution in [2.45, 2.75) is 38.4 Å². The van der Waals surface area contributed by atoms with E-state index < -0.39 is 14.6 Å². The molecule has 0 aromatic heterocycles. The zero-order valence-corrected chi connectivity index (χ0v) is 14.1. The van der Waals surface area contributed by atoms with E-state index in [2.05, 4.69) is 5.32 Å². The van der Waals surface area contributed by atoms with Gasteiger partial charge in [0.15, 0.2) is 9.84 Å². The van der Waals surface area contributed by atoms with Crippen LogP contribution >= 0.6 is 0 Å². The molecule has 0 aliphatic carbocycles. The van der Waals surface area contributed by atoms with Crippen LogP contribution in [-0.2, 0) is 16.3 Å². The summed E-state index contributed by atoms with van der Waals surface area (Å²) < 4.78 is 36.9. The van der Waals surface area contributed by atoms with Crippen molar-refractivity contribution in [1.29, 1.82) is 0 Å². The molecule has 0 saturated carbocycles. The van der Waals surface area contributed by atoms with Gasteiger partial charge in [0, 0.05) is 0 Å². The maximum atomic E-state index is 13.2. The Morgan fingerprint density at radius 2 is 1.95 bits per heavy atom. The van der Waals surface area contributed by atoms with Crippen LogP contribution in [0.4, 0.5) is 4.39 Å². The molecule has 0 spiro atoms. The largest absolute Gasteiger partial charge is 0.319 e. The molecule has 1 unspecified atom stereocenters. The van der Waals surface area contributed by atoms with E-state index in [0.29, 0.717) is 12.8 Å². The van der Waals surface area contributed by atoms with Gasteiger partial charge in [0.25, 0.3) is 0 Å². The number of rotatable bonds is 7. The van der Waals surface area contributed by atoms with Crippen molar-refractivity contribution in [3.05, 3.63) is 35.6 Å². The van der Waals surface area contributed by atoms with Gasteiger partial charge in [-0.05, 0) is 70.8 Å². The lowest BCUT2D eigenvalue weighted by Gasteiger charge is -2.22. The van der Waals surface area contributed by atoms with Gasteiger partial charge in [0.05, 0.1) is 10.5 Å². The molecule has 0 radical (unpaired) electrons. The normalized spacial score (nSPS) is 14.1. The van der Waals surface area contributed by atoms with Crippen molar-refractivity contribution >= 4 is 9.84 Å². The molecule has 1 aromatic carbocycles. The lowest BCUT2D eigenvalue weighted by atomic mass is 9.97. The lowest BCUT2D eigenvalue weighted by Crippen LogP contribution is -2.32. The van der Waals surface area contributed by atoms with E-state index in [1.54, 1.807) is 26.8 Å². The summed E-state index contributed by atoms with van der Waals surface area (Å²) >= 11 is 0. The van der Waals surface area contributed by atoms with E-state index in [-0.39, 0.29) is 17.5 Å². The van der Waals surface area contributed by atoms with Crippen molar-refractivity contribution in [3.63, 3.8) is 0 Å². The van der Waals surface area contributed by atoms with Crippen molar-refractivity contribution in [2.24, 2.45) is 5.92 Å². The van der Waals surface area contributed by atoms with Gasteiger partial charge in [-0.2, -0.15) is 0 Å². The molecule has 0 saturated heterocycles. The molecule has 5 heteroatoms. The fourth-order valence-corrected chi connectivity index (χ4v) is 3.45. The average molecular weight is 315 g/mol. The Morgan fingerprint density at radius 3 is 2.48 bits per heavy atom. The van der Waals surface area contributed by atoms with Gasteiger partial charge in [0.2, 0.25) is 0 Å². The van der Waals surface area contributed by atoms with Gasteiger partial charge in [-0.25, -0.2) is 12.8 Å². The Balaban J connectivity index is 2.71. The molecule has 0 heterocycles. The smallest absolute Gasteiger partial charge is 0.155 e. The highest BCUT2D eigenvalue weighted by atomic mass is 32.2. The number of benzene rings is 1. The summed E-state index contributed by atoms with van der Waals surface area (Å²) in [4.78, 5) is 0. The quantitative estimate of drug-likeness (QED) is 0.841. The van der Waals surface area contributed by atoms with Crippen LogP contribution in [0.25, 0.3) is 0 Å². The Hall–Kier alpha value is -0.940. The monoisotopic (exact) mass is 315 g/mol. The Kier molecular flexibility index (Phi) is 6.35. The Morgan fingerprint density at radius 1 is 1.29 bits per heavy atom. The fraction of sp³-hybridized carbons (Fsp3) is 0.625. The molecule has 0 bridgehead atoms. The molecule has 0 aliphatic rings. The van der Waals surface area contributed by atoms with Crippen LogP contribution in [0.15, 0.2) is 24.3 Å². The highest BCUT2D eigenvalue weighted by molar-refractivity contribution is 7.92. The average Bonchev–Trinajstić information content (AvgIpc) is 2.35. The molecule has 0 amide bonds. The van der Waals surface area contributed by atoms with Crippen LogP contribution in [0.3, 0.4) is 0 Å². The molecule has 1 rings (SSSR count). The van der Waals surface area contributed by atoms with Gasteiger partial charge in [-0.3, -0.25) is 0 Å². The van der Waals surface area contributed by atoms with Crippen LogP contribution < -0.4 is 5.32 Å². The SMILES string of the molecule is CNCC(CCS(=O)(=O)C(C)(C)C)Cc1cccc(F)c1. The number of halogens is 1. The van der Waals surface area contributed by atoms with Crippen LogP contribution in [-0.4, -0.2) is 32.5 Å². The second-order valence-electron chi connectivity index (χ2n) is 6.48. The van der Waals surface area contributed by atoms with Crippen molar-refractivity contribution in [1.82, 2.24) is 5.32 Å². The van der Waals surface area contributed by atoms with Gasteiger partial charge in [0.1, 0.15) is 5.82 Å². The standard InChI is InChI=1S/C16H26FNO2S/c1-16(2,3)21(19,20)9-8-14(12-18-4)10-13-6-5-7-15(17)11-13/h5-7,11,14,18H,8-10,12H2,1-4H3. The number of sulfone groups is 1. The fourth-order valence-electron chi connectivity index (χ4n) is 2.19. The van der Waals surface area contributed by atoms with Crippen molar-refractivity contribution < 1.29 is 12.8 Å². The van der Waals surface area contributed by atoms with E-state index in [1.165, 1.54) is 12.1 Å². The minimum Gasteiger partial charge on any atom is -0.319 e. The summed E-state index contributed by atoms with van der Waals surface area (Å²) in [7, 11) is -1.27.